The molecule has 0 spiro atoms. The second kappa shape index (κ2) is 8.50. The zero-order chi connectivity index (χ0) is 21.5. The van der Waals surface area contributed by atoms with Gasteiger partial charge in [-0.05, 0) is 49.7 Å². The topological polar surface area (TPSA) is 64.0 Å². The van der Waals surface area contributed by atoms with Gasteiger partial charge in [0, 0.05) is 29.5 Å². The predicted octanol–water partition coefficient (Wildman–Crippen LogP) is 6.16. The summed E-state index contributed by atoms with van der Waals surface area (Å²) in [6.45, 7) is 8.35. The third-order valence-electron chi connectivity index (χ3n) is 6.14. The highest BCUT2D eigenvalue weighted by atomic mass is 32.2. The van der Waals surface area contributed by atoms with E-state index in [0.717, 1.165) is 38.7 Å². The van der Waals surface area contributed by atoms with E-state index >= 15 is 0 Å². The Morgan fingerprint density at radius 3 is 2.80 bits per heavy atom. The van der Waals surface area contributed by atoms with E-state index in [1.54, 1.807) is 17.5 Å². The van der Waals surface area contributed by atoms with Gasteiger partial charge in [0.15, 0.2) is 5.78 Å². The number of thioether (sulfide) groups is 1. The molecule has 2 aliphatic carbocycles. The van der Waals surface area contributed by atoms with Gasteiger partial charge in [-0.2, -0.15) is 9.78 Å². The second-order valence-electron chi connectivity index (χ2n) is 9.44. The Hall–Kier alpha value is -1.60. The number of amides is 1. The molecule has 4 rings (SSSR count). The van der Waals surface area contributed by atoms with Crippen LogP contribution < -0.4 is 5.32 Å². The predicted molar refractivity (Wildman–Crippen MR) is 124 cm³/mol. The molecule has 30 heavy (non-hydrogen) atoms. The van der Waals surface area contributed by atoms with Gasteiger partial charge in [-0.25, -0.2) is 4.79 Å². The van der Waals surface area contributed by atoms with E-state index in [4.69, 9.17) is 0 Å². The molecule has 1 N–H and O–H groups in total. The first-order valence-electron chi connectivity index (χ1n) is 11.0. The molecule has 5 nitrogen and oxygen atoms in total. The number of fused-ring (bicyclic) bond motifs is 1. The first kappa shape index (κ1) is 21.6. The molecule has 1 atom stereocenters. The van der Waals surface area contributed by atoms with Crippen molar-refractivity contribution in [1.29, 1.82) is 0 Å². The van der Waals surface area contributed by atoms with Crippen LogP contribution in [0.1, 0.15) is 82.1 Å². The van der Waals surface area contributed by atoms with Crippen LogP contribution in [0.25, 0.3) is 10.6 Å². The first-order valence-corrected chi connectivity index (χ1v) is 12.7. The summed E-state index contributed by atoms with van der Waals surface area (Å²) in [4.78, 5) is 26.6. The third-order valence-corrected chi connectivity index (χ3v) is 8.95. The molecule has 2 aliphatic rings. The summed E-state index contributed by atoms with van der Waals surface area (Å²) >= 11 is 3.59. The zero-order valence-electron chi connectivity index (χ0n) is 18.3. The number of nitrogens with one attached hydrogen (secondary N) is 1. The number of thiophene rings is 1. The fraction of sp³-hybridized carbons (Fsp3) is 0.609. The largest absolute Gasteiger partial charge is 0.342 e. The van der Waals surface area contributed by atoms with Crippen molar-refractivity contribution in [3.8, 4) is 10.6 Å². The van der Waals surface area contributed by atoms with Gasteiger partial charge in [0.05, 0.1) is 9.09 Å². The van der Waals surface area contributed by atoms with Crippen LogP contribution in [-0.4, -0.2) is 32.9 Å². The van der Waals surface area contributed by atoms with Crippen molar-refractivity contribution >= 4 is 34.9 Å². The summed E-state index contributed by atoms with van der Waals surface area (Å²) in [7, 11) is 0. The Balaban J connectivity index is 1.69. The Morgan fingerprint density at radius 1 is 1.37 bits per heavy atom. The van der Waals surface area contributed by atoms with Gasteiger partial charge in [0.2, 0.25) is 0 Å². The van der Waals surface area contributed by atoms with Crippen LogP contribution in [0.3, 0.4) is 0 Å². The maximum absolute atomic E-state index is 13.1. The molecule has 1 amide bonds. The lowest BCUT2D eigenvalue weighted by Crippen LogP contribution is -2.35. The van der Waals surface area contributed by atoms with Crippen LogP contribution in [0.2, 0.25) is 0 Å². The summed E-state index contributed by atoms with van der Waals surface area (Å²) in [6, 6.07) is 1.80. The van der Waals surface area contributed by atoms with Gasteiger partial charge in [-0.1, -0.05) is 33.6 Å². The molecule has 7 heteroatoms. The number of nitrogens with zero attached hydrogens (tertiary/aromatic N) is 2. The quantitative estimate of drug-likeness (QED) is 0.599. The summed E-state index contributed by atoms with van der Waals surface area (Å²) in [5.74, 6) is 0.262. The van der Waals surface area contributed by atoms with E-state index in [-0.39, 0.29) is 23.3 Å². The number of ketones is 1. The fourth-order valence-electron chi connectivity index (χ4n) is 4.34. The van der Waals surface area contributed by atoms with E-state index in [2.05, 4.69) is 24.3 Å². The van der Waals surface area contributed by atoms with Crippen molar-refractivity contribution < 1.29 is 9.59 Å². The molecule has 0 aromatic carbocycles. The molecule has 0 bridgehead atoms. The number of carbonyl (C=O) groups excluding carboxylic acids is 2. The second-order valence-corrected chi connectivity index (χ2v) is 12.0. The highest BCUT2D eigenvalue weighted by Gasteiger charge is 2.37. The average Bonchev–Trinajstić information content (AvgIpc) is 3.41. The first-order chi connectivity index (χ1) is 14.3. The molecular weight excluding hydrogens is 414 g/mol. The maximum atomic E-state index is 13.1. The Morgan fingerprint density at radius 2 is 2.10 bits per heavy atom. The number of hydrogen-bond donors (Lipinski definition) is 1. The number of rotatable bonds is 5. The number of carbonyl (C=O) groups is 2. The van der Waals surface area contributed by atoms with Gasteiger partial charge in [-0.3, -0.25) is 4.79 Å². The minimum Gasteiger partial charge on any atom is -0.334 e. The maximum Gasteiger partial charge on any atom is 0.342 e. The fourth-order valence-corrected chi connectivity index (χ4v) is 7.45. The minimum atomic E-state index is -0.210. The summed E-state index contributed by atoms with van der Waals surface area (Å²) in [6.07, 6.45) is 9.10. The van der Waals surface area contributed by atoms with E-state index in [0.29, 0.717) is 11.7 Å². The monoisotopic (exact) mass is 445 g/mol. The van der Waals surface area contributed by atoms with Crippen LogP contribution in [0.5, 0.6) is 0 Å². The lowest BCUT2D eigenvalue weighted by Gasteiger charge is -2.29. The van der Waals surface area contributed by atoms with E-state index < -0.39 is 0 Å². The molecule has 2 aromatic heterocycles. The molecule has 0 saturated heterocycles. The molecule has 2 aromatic rings. The Bertz CT molecular complexity index is 954. The average molecular weight is 446 g/mol. The molecule has 2 heterocycles. The minimum absolute atomic E-state index is 0.0499. The van der Waals surface area contributed by atoms with Crippen molar-refractivity contribution in [2.24, 2.45) is 5.41 Å². The van der Waals surface area contributed by atoms with Crippen molar-refractivity contribution in [3.05, 3.63) is 23.4 Å². The molecule has 1 fully saturated rings. The van der Waals surface area contributed by atoms with Gasteiger partial charge >= 0.3 is 6.03 Å². The normalized spacial score (nSPS) is 19.7. The summed E-state index contributed by atoms with van der Waals surface area (Å²) in [5, 5.41) is 8.15. The highest BCUT2D eigenvalue weighted by Crippen LogP contribution is 2.50. The zero-order valence-corrected chi connectivity index (χ0v) is 19.9. The van der Waals surface area contributed by atoms with Crippen molar-refractivity contribution in [1.82, 2.24) is 15.1 Å². The summed E-state index contributed by atoms with van der Waals surface area (Å²) < 4.78 is 2.54. The van der Waals surface area contributed by atoms with Crippen LogP contribution in [0.15, 0.2) is 16.5 Å². The van der Waals surface area contributed by atoms with Crippen LogP contribution in [0.4, 0.5) is 4.79 Å². The van der Waals surface area contributed by atoms with Crippen molar-refractivity contribution in [2.45, 2.75) is 88.1 Å². The van der Waals surface area contributed by atoms with Gasteiger partial charge in [0.25, 0.3) is 0 Å². The van der Waals surface area contributed by atoms with Gasteiger partial charge in [-0.15, -0.1) is 23.1 Å². The van der Waals surface area contributed by atoms with E-state index in [9.17, 15) is 9.59 Å². The summed E-state index contributed by atoms with van der Waals surface area (Å²) in [5.41, 5.74) is 2.81. The van der Waals surface area contributed by atoms with Crippen LogP contribution in [-0.2, 0) is 6.42 Å². The van der Waals surface area contributed by atoms with Crippen LogP contribution in [0, 0.1) is 5.41 Å². The number of aromatic nitrogens is 2. The standard InChI is InChI=1S/C23H31N3O2S2/c1-5-14(2)24-22(28)26-11-10-17(25-26)20-16-12-23(3,4)13-18(27)19(16)21(30-20)29-15-8-6-7-9-15/h10-11,14-15H,5-9,12-13H2,1-4H3,(H,24,28). The SMILES string of the molecule is CCC(C)NC(=O)n1ccc(-c2sc(SC3CCCC3)c3c2CC(C)(C)CC3=O)n1. The van der Waals surface area contributed by atoms with Crippen LogP contribution >= 0.6 is 23.1 Å². The smallest absolute Gasteiger partial charge is 0.334 e. The van der Waals surface area contributed by atoms with Gasteiger partial charge in [0.1, 0.15) is 5.69 Å². The van der Waals surface area contributed by atoms with Crippen molar-refractivity contribution in [2.75, 3.05) is 0 Å². The molecule has 1 saturated carbocycles. The molecule has 0 aliphatic heterocycles. The highest BCUT2D eigenvalue weighted by molar-refractivity contribution is 8.01. The molecular formula is C23H31N3O2S2. The lowest BCUT2D eigenvalue weighted by molar-refractivity contribution is 0.0910. The number of hydrogen-bond acceptors (Lipinski definition) is 5. The Kier molecular flexibility index (Phi) is 6.13. The lowest BCUT2D eigenvalue weighted by atomic mass is 9.74. The molecule has 0 radical (unpaired) electrons. The van der Waals surface area contributed by atoms with Crippen molar-refractivity contribution in [3.63, 3.8) is 0 Å². The van der Waals surface area contributed by atoms with Gasteiger partial charge < -0.3 is 5.32 Å². The number of Topliss-reactive ketones (excluding diaryl/α,β-unsaturated/α-hetero) is 1. The molecule has 1 unspecified atom stereocenters. The Labute approximate surface area is 187 Å². The van der Waals surface area contributed by atoms with E-state index in [1.807, 2.05) is 31.7 Å². The third kappa shape index (κ3) is 4.37. The van der Waals surface area contributed by atoms with E-state index in [1.165, 1.54) is 30.4 Å². The molecule has 162 valence electrons.